The lowest BCUT2D eigenvalue weighted by Gasteiger charge is -2.28. The second-order valence-corrected chi connectivity index (χ2v) is 4.04. The fraction of sp³-hybridized carbons (Fsp3) is 0.727. The molecular weight excluding hydrogens is 192 g/mol. The van der Waals surface area contributed by atoms with E-state index in [1.165, 1.54) is 0 Å². The predicted molar refractivity (Wildman–Crippen MR) is 57.7 cm³/mol. The van der Waals surface area contributed by atoms with Crippen molar-refractivity contribution in [1.29, 1.82) is 0 Å². The smallest absolute Gasteiger partial charge is 0.317 e. The van der Waals surface area contributed by atoms with E-state index < -0.39 is 0 Å². The van der Waals surface area contributed by atoms with E-state index in [0.29, 0.717) is 6.04 Å². The van der Waals surface area contributed by atoms with Crippen LogP contribution in [0.5, 0.6) is 0 Å². The highest BCUT2D eigenvalue weighted by atomic mass is 16.5. The Morgan fingerprint density at radius 3 is 2.80 bits per heavy atom. The maximum absolute atomic E-state index is 11.8. The van der Waals surface area contributed by atoms with Crippen molar-refractivity contribution >= 4 is 6.03 Å². The minimum absolute atomic E-state index is 0.0752. The molecule has 0 bridgehead atoms. The second kappa shape index (κ2) is 5.16. The van der Waals surface area contributed by atoms with E-state index >= 15 is 0 Å². The van der Waals surface area contributed by atoms with E-state index in [9.17, 15) is 4.79 Å². The van der Waals surface area contributed by atoms with Crippen LogP contribution in [0.15, 0.2) is 12.2 Å². The number of rotatable bonds is 1. The molecule has 0 saturated carbocycles. The number of hydrogen-bond donors (Lipinski definition) is 1. The third-order valence-electron chi connectivity index (χ3n) is 2.89. The molecule has 0 aromatic rings. The van der Waals surface area contributed by atoms with Crippen LogP contribution in [0.1, 0.15) is 19.3 Å². The van der Waals surface area contributed by atoms with E-state index in [-0.39, 0.29) is 6.03 Å². The van der Waals surface area contributed by atoms with Gasteiger partial charge in [-0.2, -0.15) is 0 Å². The van der Waals surface area contributed by atoms with Crippen molar-refractivity contribution in [1.82, 2.24) is 10.2 Å². The molecule has 2 amide bonds. The number of amides is 2. The molecular formula is C11H18N2O2. The van der Waals surface area contributed by atoms with Gasteiger partial charge >= 0.3 is 6.03 Å². The minimum atomic E-state index is 0.0752. The minimum Gasteiger partial charge on any atom is -0.381 e. The fourth-order valence-electron chi connectivity index (χ4n) is 1.93. The zero-order valence-electron chi connectivity index (χ0n) is 8.95. The first kappa shape index (κ1) is 10.5. The first-order valence-corrected chi connectivity index (χ1v) is 5.64. The van der Waals surface area contributed by atoms with E-state index in [1.807, 2.05) is 11.0 Å². The van der Waals surface area contributed by atoms with E-state index in [0.717, 1.165) is 45.6 Å². The Morgan fingerprint density at radius 1 is 1.33 bits per heavy atom. The molecule has 0 unspecified atom stereocenters. The number of urea groups is 1. The Kier molecular flexibility index (Phi) is 3.61. The summed E-state index contributed by atoms with van der Waals surface area (Å²) in [6, 6.07) is 0.378. The Hall–Kier alpha value is -1.03. The molecule has 0 spiro atoms. The number of hydrogen-bond acceptors (Lipinski definition) is 2. The summed E-state index contributed by atoms with van der Waals surface area (Å²) in [5.74, 6) is 0. The van der Waals surface area contributed by atoms with Gasteiger partial charge in [-0.25, -0.2) is 4.79 Å². The lowest BCUT2D eigenvalue weighted by Crippen LogP contribution is -2.47. The van der Waals surface area contributed by atoms with Gasteiger partial charge in [0.2, 0.25) is 0 Å². The Bertz CT molecular complexity index is 247. The van der Waals surface area contributed by atoms with Gasteiger partial charge in [-0.05, 0) is 19.3 Å². The molecule has 0 radical (unpaired) electrons. The van der Waals surface area contributed by atoms with E-state index in [2.05, 4.69) is 11.4 Å². The Morgan fingerprint density at radius 2 is 2.13 bits per heavy atom. The first-order valence-electron chi connectivity index (χ1n) is 5.64. The molecule has 0 aliphatic carbocycles. The van der Waals surface area contributed by atoms with Gasteiger partial charge < -0.3 is 15.0 Å². The van der Waals surface area contributed by atoms with E-state index in [1.54, 1.807) is 0 Å². The number of nitrogens with zero attached hydrogens (tertiary/aromatic N) is 1. The largest absolute Gasteiger partial charge is 0.381 e. The van der Waals surface area contributed by atoms with Crippen LogP contribution >= 0.6 is 0 Å². The maximum atomic E-state index is 11.8. The third kappa shape index (κ3) is 2.96. The van der Waals surface area contributed by atoms with Crippen LogP contribution in [-0.4, -0.2) is 43.3 Å². The highest BCUT2D eigenvalue weighted by molar-refractivity contribution is 5.74. The summed E-state index contributed by atoms with van der Waals surface area (Å²) < 4.78 is 5.25. The Labute approximate surface area is 90.3 Å². The predicted octanol–water partition coefficient (Wildman–Crippen LogP) is 1.14. The van der Waals surface area contributed by atoms with Gasteiger partial charge in [-0.15, -0.1) is 0 Å². The normalized spacial score (nSPS) is 22.8. The molecule has 1 N–H and O–H groups in total. The molecule has 0 atom stereocenters. The van der Waals surface area contributed by atoms with Crippen LogP contribution in [-0.2, 0) is 4.74 Å². The van der Waals surface area contributed by atoms with Crippen LogP contribution in [0.2, 0.25) is 0 Å². The molecule has 2 aliphatic rings. The maximum Gasteiger partial charge on any atom is 0.317 e. The van der Waals surface area contributed by atoms with Crippen molar-refractivity contribution in [3.63, 3.8) is 0 Å². The lowest BCUT2D eigenvalue weighted by atomic mass is 10.1. The number of carbonyl (C=O) groups excluding carboxylic acids is 1. The quantitative estimate of drug-likeness (QED) is 0.659. The number of nitrogens with one attached hydrogen (secondary N) is 1. The summed E-state index contributed by atoms with van der Waals surface area (Å²) in [6.07, 6.45) is 7.03. The summed E-state index contributed by atoms with van der Waals surface area (Å²) in [6.45, 7) is 3.12. The average Bonchev–Trinajstić information content (AvgIpc) is 2.31. The summed E-state index contributed by atoms with van der Waals surface area (Å²) in [4.78, 5) is 13.7. The first-order chi connectivity index (χ1) is 7.36. The van der Waals surface area contributed by atoms with Crippen LogP contribution in [0.25, 0.3) is 0 Å². The van der Waals surface area contributed by atoms with Crippen LogP contribution in [0.3, 0.4) is 0 Å². The summed E-state index contributed by atoms with van der Waals surface area (Å²) >= 11 is 0. The van der Waals surface area contributed by atoms with E-state index in [4.69, 9.17) is 4.74 Å². The van der Waals surface area contributed by atoms with Gasteiger partial charge in [0.1, 0.15) is 0 Å². The number of ether oxygens (including phenoxy) is 1. The van der Waals surface area contributed by atoms with Crippen molar-refractivity contribution < 1.29 is 9.53 Å². The third-order valence-corrected chi connectivity index (χ3v) is 2.89. The highest BCUT2D eigenvalue weighted by Gasteiger charge is 2.19. The topological polar surface area (TPSA) is 41.6 Å². The molecule has 2 aliphatic heterocycles. The zero-order chi connectivity index (χ0) is 10.5. The van der Waals surface area contributed by atoms with Crippen molar-refractivity contribution in [2.45, 2.75) is 25.3 Å². The highest BCUT2D eigenvalue weighted by Crippen LogP contribution is 2.08. The summed E-state index contributed by atoms with van der Waals surface area (Å²) in [5, 5.41) is 3.06. The molecule has 1 saturated heterocycles. The fourth-order valence-corrected chi connectivity index (χ4v) is 1.93. The molecule has 4 heteroatoms. The van der Waals surface area contributed by atoms with Crippen molar-refractivity contribution in [2.75, 3.05) is 26.3 Å². The second-order valence-electron chi connectivity index (χ2n) is 4.04. The van der Waals surface area contributed by atoms with Crippen molar-refractivity contribution in [2.24, 2.45) is 0 Å². The molecule has 2 heterocycles. The van der Waals surface area contributed by atoms with Gasteiger partial charge in [0.05, 0.1) is 0 Å². The molecule has 4 nitrogen and oxygen atoms in total. The molecule has 0 aromatic heterocycles. The van der Waals surface area contributed by atoms with Crippen LogP contribution in [0.4, 0.5) is 4.79 Å². The molecule has 15 heavy (non-hydrogen) atoms. The zero-order valence-corrected chi connectivity index (χ0v) is 8.95. The summed E-state index contributed by atoms with van der Waals surface area (Å²) in [5.41, 5.74) is 0. The SMILES string of the molecule is O=C(NC1CCOCC1)N1CC=CCC1. The van der Waals surface area contributed by atoms with Crippen molar-refractivity contribution in [3.05, 3.63) is 12.2 Å². The van der Waals surface area contributed by atoms with Gasteiger partial charge in [0, 0.05) is 32.3 Å². The summed E-state index contributed by atoms with van der Waals surface area (Å²) in [7, 11) is 0. The van der Waals surface area contributed by atoms with Gasteiger partial charge in [0.15, 0.2) is 0 Å². The lowest BCUT2D eigenvalue weighted by molar-refractivity contribution is 0.0782. The molecule has 1 fully saturated rings. The van der Waals surface area contributed by atoms with Crippen LogP contribution in [0, 0.1) is 0 Å². The van der Waals surface area contributed by atoms with Gasteiger partial charge in [-0.3, -0.25) is 0 Å². The monoisotopic (exact) mass is 210 g/mol. The van der Waals surface area contributed by atoms with Gasteiger partial charge in [0.25, 0.3) is 0 Å². The Balaban J connectivity index is 1.77. The van der Waals surface area contributed by atoms with Crippen molar-refractivity contribution in [3.8, 4) is 0 Å². The van der Waals surface area contributed by atoms with Gasteiger partial charge in [-0.1, -0.05) is 12.2 Å². The van der Waals surface area contributed by atoms with Crippen LogP contribution < -0.4 is 5.32 Å². The average molecular weight is 210 g/mol. The molecule has 84 valence electrons. The number of carbonyl (C=O) groups is 1. The molecule has 0 aromatic carbocycles. The molecule has 2 rings (SSSR count). The standard InChI is InChI=1S/C11H18N2O2/c14-11(13-6-2-1-3-7-13)12-10-4-8-15-9-5-10/h1-2,10H,3-9H2,(H,12,14).